The molecule has 0 saturated heterocycles. The number of hydrogen-bond donors (Lipinski definition) is 1. The molecular formula is C11H8F3N3. The van der Waals surface area contributed by atoms with Crippen molar-refractivity contribution < 1.29 is 13.2 Å². The molecule has 0 aliphatic carbocycles. The second-order valence-corrected chi connectivity index (χ2v) is 3.67. The van der Waals surface area contributed by atoms with E-state index in [4.69, 9.17) is 11.0 Å². The van der Waals surface area contributed by atoms with Crippen LogP contribution in [-0.4, -0.2) is 10.7 Å². The van der Waals surface area contributed by atoms with Crippen LogP contribution in [-0.2, 0) is 6.54 Å². The van der Waals surface area contributed by atoms with E-state index in [-0.39, 0.29) is 5.56 Å². The Balaban J connectivity index is 2.60. The molecule has 0 saturated carbocycles. The summed E-state index contributed by atoms with van der Waals surface area (Å²) in [6, 6.07) is 6.22. The summed E-state index contributed by atoms with van der Waals surface area (Å²) < 4.78 is 38.0. The highest BCUT2D eigenvalue weighted by molar-refractivity contribution is 5.92. The normalized spacial score (nSPS) is 11.6. The van der Waals surface area contributed by atoms with Crippen LogP contribution < -0.4 is 5.73 Å². The standard InChI is InChI=1S/C11H8F3N3/c12-11(13,14)6-17-2-1-8-9(16)3-7(5-15)4-10(8)17/h1-4H,6,16H2. The van der Waals surface area contributed by atoms with Crippen LogP contribution in [0.4, 0.5) is 18.9 Å². The smallest absolute Gasteiger partial charge is 0.398 e. The van der Waals surface area contributed by atoms with Crippen molar-refractivity contribution in [1.29, 1.82) is 5.26 Å². The van der Waals surface area contributed by atoms with E-state index in [9.17, 15) is 13.2 Å². The van der Waals surface area contributed by atoms with Gasteiger partial charge in [-0.25, -0.2) is 0 Å². The molecule has 17 heavy (non-hydrogen) atoms. The first-order valence-corrected chi connectivity index (χ1v) is 4.76. The SMILES string of the molecule is N#Cc1cc(N)c2ccn(CC(F)(F)F)c2c1. The fourth-order valence-corrected chi connectivity index (χ4v) is 1.72. The fraction of sp³-hybridized carbons (Fsp3) is 0.182. The Hall–Kier alpha value is -2.16. The average Bonchev–Trinajstić information content (AvgIpc) is 2.59. The lowest BCUT2D eigenvalue weighted by Gasteiger charge is -2.09. The Bertz CT molecular complexity index is 605. The van der Waals surface area contributed by atoms with Crippen LogP contribution in [0, 0.1) is 11.3 Å². The third-order valence-electron chi connectivity index (χ3n) is 2.40. The number of nitrogens with two attached hydrogens (primary N) is 1. The Kier molecular flexibility index (Phi) is 2.46. The molecule has 2 aromatic rings. The van der Waals surface area contributed by atoms with Crippen molar-refractivity contribution in [3.63, 3.8) is 0 Å². The third-order valence-corrected chi connectivity index (χ3v) is 2.40. The van der Waals surface area contributed by atoms with Crippen molar-refractivity contribution >= 4 is 16.6 Å². The maximum atomic E-state index is 12.3. The van der Waals surface area contributed by atoms with Gasteiger partial charge >= 0.3 is 6.18 Å². The first kappa shape index (κ1) is 11.3. The van der Waals surface area contributed by atoms with E-state index in [1.807, 2.05) is 6.07 Å². The first-order valence-electron chi connectivity index (χ1n) is 4.76. The molecule has 0 amide bonds. The third kappa shape index (κ3) is 2.18. The first-order chi connectivity index (χ1) is 7.90. The van der Waals surface area contributed by atoms with Crippen molar-refractivity contribution in [2.24, 2.45) is 0 Å². The highest BCUT2D eigenvalue weighted by atomic mass is 19.4. The zero-order valence-corrected chi connectivity index (χ0v) is 8.62. The van der Waals surface area contributed by atoms with Crippen LogP contribution >= 0.6 is 0 Å². The molecular weight excluding hydrogens is 231 g/mol. The Morgan fingerprint density at radius 2 is 2.06 bits per heavy atom. The number of benzene rings is 1. The summed E-state index contributed by atoms with van der Waals surface area (Å²) in [7, 11) is 0. The lowest BCUT2D eigenvalue weighted by molar-refractivity contribution is -0.139. The van der Waals surface area contributed by atoms with Crippen LogP contribution in [0.3, 0.4) is 0 Å². The molecule has 0 aliphatic heterocycles. The molecule has 0 atom stereocenters. The minimum atomic E-state index is -4.30. The van der Waals surface area contributed by atoms with Crippen LogP contribution in [0.5, 0.6) is 0 Å². The van der Waals surface area contributed by atoms with Crippen molar-refractivity contribution in [3.8, 4) is 6.07 Å². The molecule has 0 spiro atoms. The molecule has 0 unspecified atom stereocenters. The number of fused-ring (bicyclic) bond motifs is 1. The summed E-state index contributed by atoms with van der Waals surface area (Å²) in [6.07, 6.45) is -2.99. The molecule has 3 nitrogen and oxygen atoms in total. The minimum Gasteiger partial charge on any atom is -0.398 e. The van der Waals surface area contributed by atoms with Gasteiger partial charge in [-0.2, -0.15) is 18.4 Å². The number of halogens is 3. The topological polar surface area (TPSA) is 54.7 Å². The van der Waals surface area contributed by atoms with E-state index in [1.165, 1.54) is 24.4 Å². The molecule has 1 aromatic heterocycles. The molecule has 0 aliphatic rings. The Morgan fingerprint density at radius 3 is 2.65 bits per heavy atom. The molecule has 1 heterocycles. The van der Waals surface area contributed by atoms with Gasteiger partial charge in [-0.15, -0.1) is 0 Å². The van der Waals surface area contributed by atoms with Gasteiger partial charge in [0.15, 0.2) is 0 Å². The zero-order chi connectivity index (χ0) is 12.6. The van der Waals surface area contributed by atoms with Gasteiger partial charge in [-0.1, -0.05) is 0 Å². The highest BCUT2D eigenvalue weighted by Crippen LogP contribution is 2.27. The number of anilines is 1. The van der Waals surface area contributed by atoms with Gasteiger partial charge in [0.05, 0.1) is 17.1 Å². The monoisotopic (exact) mass is 239 g/mol. The largest absolute Gasteiger partial charge is 0.406 e. The lowest BCUT2D eigenvalue weighted by Crippen LogP contribution is -2.16. The Morgan fingerprint density at radius 1 is 1.35 bits per heavy atom. The molecule has 1 aromatic carbocycles. The zero-order valence-electron chi connectivity index (χ0n) is 8.62. The van der Waals surface area contributed by atoms with Crippen molar-refractivity contribution in [2.45, 2.75) is 12.7 Å². The lowest BCUT2D eigenvalue weighted by atomic mass is 10.1. The number of alkyl halides is 3. The summed E-state index contributed by atoms with van der Waals surface area (Å²) in [5.74, 6) is 0. The summed E-state index contributed by atoms with van der Waals surface area (Å²) in [5, 5.41) is 9.27. The van der Waals surface area contributed by atoms with Gasteiger partial charge in [-0.05, 0) is 18.2 Å². The number of rotatable bonds is 1. The summed E-state index contributed by atoms with van der Waals surface area (Å²) in [5.41, 5.74) is 6.54. The number of nitriles is 1. The predicted molar refractivity (Wildman–Crippen MR) is 57.1 cm³/mol. The maximum Gasteiger partial charge on any atom is 0.406 e. The molecule has 88 valence electrons. The van der Waals surface area contributed by atoms with E-state index in [1.54, 1.807) is 0 Å². The second-order valence-electron chi connectivity index (χ2n) is 3.67. The fourth-order valence-electron chi connectivity index (χ4n) is 1.72. The molecule has 0 bridgehead atoms. The van der Waals surface area contributed by atoms with Gasteiger partial charge in [-0.3, -0.25) is 0 Å². The maximum absolute atomic E-state index is 12.3. The minimum absolute atomic E-state index is 0.247. The van der Waals surface area contributed by atoms with Crippen molar-refractivity contribution in [3.05, 3.63) is 30.0 Å². The molecule has 0 fully saturated rings. The van der Waals surface area contributed by atoms with Crippen molar-refractivity contribution in [2.75, 3.05) is 5.73 Å². The van der Waals surface area contributed by atoms with Crippen LogP contribution in [0.15, 0.2) is 24.4 Å². The number of hydrogen-bond acceptors (Lipinski definition) is 2. The highest BCUT2D eigenvalue weighted by Gasteiger charge is 2.28. The quantitative estimate of drug-likeness (QED) is 0.778. The van der Waals surface area contributed by atoms with Crippen LogP contribution in [0.2, 0.25) is 0 Å². The number of nitrogen functional groups attached to an aromatic ring is 1. The summed E-state index contributed by atoms with van der Waals surface area (Å²) in [4.78, 5) is 0. The average molecular weight is 239 g/mol. The number of nitrogens with zero attached hydrogens (tertiary/aromatic N) is 2. The van der Waals surface area contributed by atoms with Crippen LogP contribution in [0.25, 0.3) is 10.9 Å². The van der Waals surface area contributed by atoms with E-state index in [0.717, 1.165) is 4.57 Å². The van der Waals surface area contributed by atoms with E-state index in [2.05, 4.69) is 0 Å². The summed E-state index contributed by atoms with van der Waals surface area (Å²) >= 11 is 0. The van der Waals surface area contributed by atoms with Gasteiger partial charge in [0, 0.05) is 17.3 Å². The van der Waals surface area contributed by atoms with Crippen molar-refractivity contribution in [1.82, 2.24) is 4.57 Å². The molecule has 2 rings (SSSR count). The van der Waals surface area contributed by atoms with Gasteiger partial charge < -0.3 is 10.3 Å². The van der Waals surface area contributed by atoms with E-state index < -0.39 is 12.7 Å². The van der Waals surface area contributed by atoms with Gasteiger partial charge in [0.25, 0.3) is 0 Å². The molecule has 0 radical (unpaired) electrons. The van der Waals surface area contributed by atoms with Gasteiger partial charge in [0.2, 0.25) is 0 Å². The molecule has 6 heteroatoms. The van der Waals surface area contributed by atoms with E-state index in [0.29, 0.717) is 16.6 Å². The van der Waals surface area contributed by atoms with Crippen LogP contribution in [0.1, 0.15) is 5.56 Å². The Labute approximate surface area is 94.9 Å². The second kappa shape index (κ2) is 3.70. The predicted octanol–water partition coefficient (Wildman–Crippen LogP) is 2.66. The van der Waals surface area contributed by atoms with Gasteiger partial charge in [0.1, 0.15) is 6.54 Å². The molecule has 2 N–H and O–H groups in total. The number of aromatic nitrogens is 1. The van der Waals surface area contributed by atoms with E-state index >= 15 is 0 Å². The summed E-state index contributed by atoms with van der Waals surface area (Å²) in [6.45, 7) is -1.09.